The Labute approximate surface area is 330 Å². The second-order valence-corrected chi connectivity index (χ2v) is 12.8. The van der Waals surface area contributed by atoms with E-state index >= 15 is 0 Å². The first-order valence-electron chi connectivity index (χ1n) is 21.4. The zero-order valence-corrected chi connectivity index (χ0v) is 34.9. The molecular formula is C41H84O13. The van der Waals surface area contributed by atoms with Gasteiger partial charge in [-0.3, -0.25) is 0 Å². The van der Waals surface area contributed by atoms with Crippen molar-refractivity contribution in [3.63, 3.8) is 0 Å². The van der Waals surface area contributed by atoms with E-state index in [2.05, 4.69) is 13.8 Å². The van der Waals surface area contributed by atoms with E-state index in [1.54, 1.807) is 0 Å². The molecule has 0 rings (SSSR count). The Morgan fingerprint density at radius 1 is 0.148 bits per heavy atom. The van der Waals surface area contributed by atoms with Gasteiger partial charge >= 0.3 is 0 Å². The fourth-order valence-electron chi connectivity index (χ4n) is 4.89. The summed E-state index contributed by atoms with van der Waals surface area (Å²) in [5.74, 6) is 0. The van der Waals surface area contributed by atoms with Gasteiger partial charge in [-0.1, -0.05) is 84.5 Å². The SMILES string of the molecule is CCCCCCCCCCOCCOCCOCCOCCOCCOCCOCCOCCOCCOCCOCCOCCOCCCCCCC. The molecule has 0 bridgehead atoms. The quantitative estimate of drug-likeness (QED) is 0.0642. The first-order chi connectivity index (χ1) is 26.9. The summed E-state index contributed by atoms with van der Waals surface area (Å²) in [6.45, 7) is 19.3. The zero-order valence-electron chi connectivity index (χ0n) is 34.9. The van der Waals surface area contributed by atoms with Crippen LogP contribution in [0.2, 0.25) is 0 Å². The maximum absolute atomic E-state index is 5.63. The highest BCUT2D eigenvalue weighted by Crippen LogP contribution is 2.08. The summed E-state index contributed by atoms with van der Waals surface area (Å²) < 4.78 is 71.9. The number of hydrogen-bond acceptors (Lipinski definition) is 13. The van der Waals surface area contributed by atoms with Crippen LogP contribution in [0, 0.1) is 0 Å². The summed E-state index contributed by atoms with van der Waals surface area (Å²) in [5, 5.41) is 0. The molecule has 326 valence electrons. The first-order valence-corrected chi connectivity index (χ1v) is 21.4. The highest BCUT2D eigenvalue weighted by molar-refractivity contribution is 4.46. The van der Waals surface area contributed by atoms with Crippen molar-refractivity contribution in [3.05, 3.63) is 0 Å². The molecule has 0 aliphatic heterocycles. The minimum Gasteiger partial charge on any atom is -0.379 e. The summed E-state index contributed by atoms with van der Waals surface area (Å²) in [6.07, 6.45) is 16.8. The highest BCUT2D eigenvalue weighted by atomic mass is 16.6. The lowest BCUT2D eigenvalue weighted by molar-refractivity contribution is -0.0290. The molecule has 13 nitrogen and oxygen atoms in total. The van der Waals surface area contributed by atoms with Crippen LogP contribution >= 0.6 is 0 Å². The summed E-state index contributed by atoms with van der Waals surface area (Å²) in [7, 11) is 0. The molecule has 54 heavy (non-hydrogen) atoms. The van der Waals surface area contributed by atoms with Gasteiger partial charge in [-0.15, -0.1) is 0 Å². The van der Waals surface area contributed by atoms with Crippen molar-refractivity contribution in [3.8, 4) is 0 Å². The van der Waals surface area contributed by atoms with Crippen LogP contribution in [-0.4, -0.2) is 172 Å². The fourth-order valence-corrected chi connectivity index (χ4v) is 4.89. The van der Waals surface area contributed by atoms with Crippen LogP contribution in [-0.2, 0) is 61.6 Å². The summed E-state index contributed by atoms with van der Waals surface area (Å²) >= 11 is 0. The maximum atomic E-state index is 5.63. The Hall–Kier alpha value is -0.520. The van der Waals surface area contributed by atoms with E-state index < -0.39 is 0 Å². The Morgan fingerprint density at radius 2 is 0.278 bits per heavy atom. The van der Waals surface area contributed by atoms with Crippen LogP contribution in [0.4, 0.5) is 0 Å². The standard InChI is InChI=1S/C41H84O13/c1-3-5-7-9-10-11-13-15-17-43-19-21-45-23-25-47-27-29-49-31-33-51-35-37-53-39-41-54-40-38-52-36-34-50-32-30-48-28-26-46-24-22-44-20-18-42-16-14-12-8-6-4-2/h3-41H2,1-2H3. The second kappa shape index (κ2) is 52.5. The van der Waals surface area contributed by atoms with Gasteiger partial charge in [-0.05, 0) is 12.8 Å². The lowest BCUT2D eigenvalue weighted by atomic mass is 10.1. The van der Waals surface area contributed by atoms with Crippen molar-refractivity contribution in [1.29, 1.82) is 0 Å². The molecule has 0 saturated carbocycles. The monoisotopic (exact) mass is 785 g/mol. The van der Waals surface area contributed by atoms with Gasteiger partial charge in [0.1, 0.15) is 0 Å². The van der Waals surface area contributed by atoms with Crippen LogP contribution in [0.3, 0.4) is 0 Å². The van der Waals surface area contributed by atoms with E-state index in [1.807, 2.05) is 0 Å². The molecule has 0 N–H and O–H groups in total. The predicted octanol–water partition coefficient (Wildman–Crippen LogP) is 6.31. The van der Waals surface area contributed by atoms with Crippen molar-refractivity contribution in [2.45, 2.75) is 97.3 Å². The average molecular weight is 785 g/mol. The summed E-state index contributed by atoms with van der Waals surface area (Å²) in [4.78, 5) is 0. The molecule has 0 heterocycles. The molecule has 0 unspecified atom stereocenters. The number of unbranched alkanes of at least 4 members (excludes halogenated alkanes) is 11. The average Bonchev–Trinajstić information content (AvgIpc) is 3.18. The van der Waals surface area contributed by atoms with Gasteiger partial charge in [0.15, 0.2) is 0 Å². The zero-order chi connectivity index (χ0) is 38.8. The van der Waals surface area contributed by atoms with Gasteiger partial charge in [0.05, 0.1) is 159 Å². The number of rotatable bonds is 51. The molecule has 0 amide bonds. The van der Waals surface area contributed by atoms with E-state index in [4.69, 9.17) is 61.6 Å². The lowest BCUT2D eigenvalue weighted by Gasteiger charge is -2.09. The Bertz CT molecular complexity index is 584. The molecule has 0 atom stereocenters. The van der Waals surface area contributed by atoms with Crippen LogP contribution in [0.25, 0.3) is 0 Å². The molecule has 0 aromatic heterocycles. The topological polar surface area (TPSA) is 120 Å². The lowest BCUT2D eigenvalue weighted by Crippen LogP contribution is -2.15. The third kappa shape index (κ3) is 51.5. The van der Waals surface area contributed by atoms with Crippen molar-refractivity contribution in [2.75, 3.05) is 172 Å². The summed E-state index contributed by atoms with van der Waals surface area (Å²) in [6, 6.07) is 0. The molecule has 13 heteroatoms. The van der Waals surface area contributed by atoms with Crippen LogP contribution in [0.15, 0.2) is 0 Å². The van der Waals surface area contributed by atoms with E-state index in [0.29, 0.717) is 159 Å². The van der Waals surface area contributed by atoms with Gasteiger partial charge < -0.3 is 61.6 Å². The van der Waals surface area contributed by atoms with Crippen molar-refractivity contribution >= 4 is 0 Å². The molecule has 0 aromatic carbocycles. The van der Waals surface area contributed by atoms with Crippen molar-refractivity contribution in [1.82, 2.24) is 0 Å². The summed E-state index contributed by atoms with van der Waals surface area (Å²) in [5.41, 5.74) is 0. The molecule has 0 radical (unpaired) electrons. The normalized spacial score (nSPS) is 11.7. The Balaban J connectivity index is 3.05. The second-order valence-electron chi connectivity index (χ2n) is 12.8. The van der Waals surface area contributed by atoms with E-state index in [-0.39, 0.29) is 0 Å². The van der Waals surface area contributed by atoms with E-state index in [9.17, 15) is 0 Å². The number of hydrogen-bond donors (Lipinski definition) is 0. The maximum Gasteiger partial charge on any atom is 0.0701 e. The Kier molecular flexibility index (Phi) is 52.0. The molecule has 0 aromatic rings. The molecule has 0 spiro atoms. The minimum absolute atomic E-state index is 0.517. The number of ether oxygens (including phenoxy) is 13. The van der Waals surface area contributed by atoms with Crippen molar-refractivity contribution < 1.29 is 61.6 Å². The third-order valence-corrected chi connectivity index (χ3v) is 8.00. The molecular weight excluding hydrogens is 700 g/mol. The Morgan fingerprint density at radius 3 is 0.444 bits per heavy atom. The van der Waals surface area contributed by atoms with Gasteiger partial charge in [-0.25, -0.2) is 0 Å². The molecule has 0 aliphatic rings. The van der Waals surface area contributed by atoms with E-state index in [0.717, 1.165) is 26.1 Å². The van der Waals surface area contributed by atoms with Gasteiger partial charge in [0.25, 0.3) is 0 Å². The van der Waals surface area contributed by atoms with Gasteiger partial charge in [-0.2, -0.15) is 0 Å². The first kappa shape index (κ1) is 53.5. The van der Waals surface area contributed by atoms with Crippen molar-refractivity contribution in [2.24, 2.45) is 0 Å². The highest BCUT2D eigenvalue weighted by Gasteiger charge is 1.98. The van der Waals surface area contributed by atoms with Gasteiger partial charge in [0.2, 0.25) is 0 Å². The van der Waals surface area contributed by atoms with Crippen LogP contribution in [0.1, 0.15) is 97.3 Å². The molecule has 0 fully saturated rings. The predicted molar refractivity (Wildman–Crippen MR) is 212 cm³/mol. The third-order valence-electron chi connectivity index (χ3n) is 8.00. The smallest absolute Gasteiger partial charge is 0.0701 e. The van der Waals surface area contributed by atoms with Gasteiger partial charge in [0, 0.05) is 13.2 Å². The molecule has 0 aliphatic carbocycles. The molecule has 0 saturated heterocycles. The van der Waals surface area contributed by atoms with Crippen LogP contribution in [0.5, 0.6) is 0 Å². The fraction of sp³-hybridized carbons (Fsp3) is 1.00. The largest absolute Gasteiger partial charge is 0.379 e. The van der Waals surface area contributed by atoms with E-state index in [1.165, 1.54) is 70.6 Å². The minimum atomic E-state index is 0.517. The van der Waals surface area contributed by atoms with Crippen LogP contribution < -0.4 is 0 Å².